The number of halogens is 2. The predicted octanol–water partition coefficient (Wildman–Crippen LogP) is 3.33. The summed E-state index contributed by atoms with van der Waals surface area (Å²) in [6, 6.07) is 4.47. The van der Waals surface area contributed by atoms with E-state index in [0.29, 0.717) is 15.1 Å². The average Bonchev–Trinajstić information content (AvgIpc) is 2.30. The summed E-state index contributed by atoms with van der Waals surface area (Å²) in [6.07, 6.45) is -0.110. The van der Waals surface area contributed by atoms with Gasteiger partial charge < -0.3 is 10.4 Å². The van der Waals surface area contributed by atoms with E-state index >= 15 is 0 Å². The molecule has 2 N–H and O–H groups in total. The van der Waals surface area contributed by atoms with Gasteiger partial charge in [-0.25, -0.2) is 0 Å². The van der Waals surface area contributed by atoms with E-state index in [1.807, 2.05) is 13.8 Å². The van der Waals surface area contributed by atoms with Crippen LogP contribution in [0.2, 0.25) is 5.02 Å². The van der Waals surface area contributed by atoms with Crippen molar-refractivity contribution in [2.24, 2.45) is 5.92 Å². The maximum atomic E-state index is 12.1. The van der Waals surface area contributed by atoms with Crippen molar-refractivity contribution in [1.29, 1.82) is 0 Å². The number of hydrogen-bond acceptors (Lipinski definition) is 2. The van der Waals surface area contributed by atoms with Crippen LogP contribution in [-0.4, -0.2) is 23.0 Å². The molecule has 0 aliphatic carbocycles. The molecule has 1 unspecified atom stereocenters. The minimum atomic E-state index is -0.941. The fraction of sp³-hybridized carbons (Fsp3) is 0.385. The highest BCUT2D eigenvalue weighted by atomic mass is 79.9. The molecule has 4 nitrogen and oxygen atoms in total. The molecule has 0 aromatic heterocycles. The number of nitrogens with one attached hydrogen (secondary N) is 1. The highest BCUT2D eigenvalue weighted by molar-refractivity contribution is 9.10. The molecule has 0 fully saturated rings. The maximum absolute atomic E-state index is 12.1. The number of carbonyl (C=O) groups excluding carboxylic acids is 1. The Labute approximate surface area is 125 Å². The van der Waals surface area contributed by atoms with Crippen LogP contribution in [0.3, 0.4) is 0 Å². The molecule has 1 amide bonds. The second-order valence-corrected chi connectivity index (χ2v) is 5.84. The van der Waals surface area contributed by atoms with Gasteiger partial charge in [0.15, 0.2) is 0 Å². The van der Waals surface area contributed by atoms with Gasteiger partial charge in [-0.05, 0) is 40.0 Å². The Morgan fingerprint density at radius 3 is 2.58 bits per heavy atom. The smallest absolute Gasteiger partial charge is 0.305 e. The normalized spacial score (nSPS) is 12.3. The van der Waals surface area contributed by atoms with Gasteiger partial charge in [-0.2, -0.15) is 0 Å². The van der Waals surface area contributed by atoms with Gasteiger partial charge in [-0.15, -0.1) is 0 Å². The van der Waals surface area contributed by atoms with Crippen LogP contribution in [-0.2, 0) is 4.79 Å². The van der Waals surface area contributed by atoms with Crippen molar-refractivity contribution in [1.82, 2.24) is 5.32 Å². The lowest BCUT2D eigenvalue weighted by Gasteiger charge is -2.21. The van der Waals surface area contributed by atoms with E-state index in [2.05, 4.69) is 21.2 Å². The Morgan fingerprint density at radius 2 is 2.05 bits per heavy atom. The Balaban J connectivity index is 2.87. The molecule has 0 saturated carbocycles. The Morgan fingerprint density at radius 1 is 1.42 bits per heavy atom. The van der Waals surface area contributed by atoms with Crippen LogP contribution in [0.25, 0.3) is 0 Å². The number of carbonyl (C=O) groups is 2. The Bertz CT molecular complexity index is 491. The van der Waals surface area contributed by atoms with E-state index in [4.69, 9.17) is 16.7 Å². The van der Waals surface area contributed by atoms with Gasteiger partial charge in [0.1, 0.15) is 0 Å². The molecule has 1 atom stereocenters. The number of rotatable bonds is 5. The van der Waals surface area contributed by atoms with E-state index in [1.165, 1.54) is 0 Å². The van der Waals surface area contributed by atoms with Crippen LogP contribution < -0.4 is 5.32 Å². The van der Waals surface area contributed by atoms with Crippen molar-refractivity contribution in [3.05, 3.63) is 33.3 Å². The molecule has 0 radical (unpaired) electrons. The maximum Gasteiger partial charge on any atom is 0.305 e. The first-order valence-corrected chi connectivity index (χ1v) is 6.96. The van der Waals surface area contributed by atoms with E-state index in [-0.39, 0.29) is 18.2 Å². The minimum absolute atomic E-state index is 0.0259. The molecule has 0 aliphatic heterocycles. The third-order valence-corrected chi connectivity index (χ3v) is 3.62. The number of aliphatic carboxylic acids is 1. The second-order valence-electron chi connectivity index (χ2n) is 4.55. The molecule has 104 valence electrons. The lowest BCUT2D eigenvalue weighted by atomic mass is 10.0. The average molecular weight is 349 g/mol. The molecule has 1 aromatic rings. The van der Waals surface area contributed by atoms with Crippen LogP contribution >= 0.6 is 27.5 Å². The van der Waals surface area contributed by atoms with Gasteiger partial charge in [0.2, 0.25) is 0 Å². The fourth-order valence-electron chi connectivity index (χ4n) is 1.56. The molecule has 0 aliphatic rings. The summed E-state index contributed by atoms with van der Waals surface area (Å²) in [5, 5.41) is 12.0. The molecule has 19 heavy (non-hydrogen) atoms. The van der Waals surface area contributed by atoms with Crippen LogP contribution in [0.1, 0.15) is 30.6 Å². The fourth-order valence-corrected chi connectivity index (χ4v) is 2.16. The summed E-state index contributed by atoms with van der Waals surface area (Å²) >= 11 is 9.12. The Hall–Kier alpha value is -1.07. The zero-order valence-corrected chi connectivity index (χ0v) is 13.0. The van der Waals surface area contributed by atoms with Gasteiger partial charge in [0.25, 0.3) is 5.91 Å². The van der Waals surface area contributed by atoms with Crippen molar-refractivity contribution in [2.45, 2.75) is 26.3 Å². The standard InChI is InChI=1S/C13H15BrClNO3/c1-7(2)11(6-12(17)18)16-13(19)9-5-8(15)3-4-10(9)14/h3-5,7,11H,6H2,1-2H3,(H,16,19)(H,17,18). The SMILES string of the molecule is CC(C)C(CC(=O)O)NC(=O)c1cc(Cl)ccc1Br. The molecule has 0 saturated heterocycles. The van der Waals surface area contributed by atoms with E-state index in [0.717, 1.165) is 0 Å². The third-order valence-electron chi connectivity index (χ3n) is 2.69. The summed E-state index contributed by atoms with van der Waals surface area (Å²) in [5.41, 5.74) is 0.392. The number of benzene rings is 1. The third kappa shape index (κ3) is 4.84. The second kappa shape index (κ2) is 6.91. The van der Waals surface area contributed by atoms with Crippen molar-refractivity contribution in [3.8, 4) is 0 Å². The molecular formula is C13H15BrClNO3. The monoisotopic (exact) mass is 347 g/mol. The van der Waals surface area contributed by atoms with E-state index in [9.17, 15) is 9.59 Å². The predicted molar refractivity (Wildman–Crippen MR) is 77.5 cm³/mol. The van der Waals surface area contributed by atoms with Crippen LogP contribution in [0.15, 0.2) is 22.7 Å². The summed E-state index contributed by atoms with van der Waals surface area (Å²) in [4.78, 5) is 22.9. The van der Waals surface area contributed by atoms with Crippen molar-refractivity contribution >= 4 is 39.4 Å². The largest absolute Gasteiger partial charge is 0.481 e. The lowest BCUT2D eigenvalue weighted by Crippen LogP contribution is -2.40. The van der Waals surface area contributed by atoms with Crippen molar-refractivity contribution < 1.29 is 14.7 Å². The summed E-state index contributed by atoms with van der Waals surface area (Å²) in [7, 11) is 0. The summed E-state index contributed by atoms with van der Waals surface area (Å²) in [6.45, 7) is 3.72. The summed E-state index contributed by atoms with van der Waals surface area (Å²) in [5.74, 6) is -1.25. The topological polar surface area (TPSA) is 66.4 Å². The summed E-state index contributed by atoms with van der Waals surface area (Å²) < 4.78 is 0.618. The first kappa shape index (κ1) is 16.0. The Kier molecular flexibility index (Phi) is 5.82. The molecular weight excluding hydrogens is 334 g/mol. The number of amides is 1. The highest BCUT2D eigenvalue weighted by Gasteiger charge is 2.21. The first-order valence-electron chi connectivity index (χ1n) is 5.79. The van der Waals surface area contributed by atoms with Crippen LogP contribution in [0.5, 0.6) is 0 Å². The van der Waals surface area contributed by atoms with Gasteiger partial charge >= 0.3 is 5.97 Å². The van der Waals surface area contributed by atoms with E-state index in [1.54, 1.807) is 18.2 Å². The van der Waals surface area contributed by atoms with Gasteiger partial charge in [0, 0.05) is 15.5 Å². The molecule has 0 spiro atoms. The zero-order chi connectivity index (χ0) is 14.6. The first-order chi connectivity index (χ1) is 8.81. The zero-order valence-electron chi connectivity index (χ0n) is 10.6. The van der Waals surface area contributed by atoms with Crippen LogP contribution in [0.4, 0.5) is 0 Å². The van der Waals surface area contributed by atoms with E-state index < -0.39 is 12.0 Å². The quantitative estimate of drug-likeness (QED) is 0.857. The van der Waals surface area contributed by atoms with Gasteiger partial charge in [0.05, 0.1) is 12.0 Å². The molecule has 0 bridgehead atoms. The number of carboxylic acid groups (broad SMARTS) is 1. The molecule has 1 rings (SSSR count). The van der Waals surface area contributed by atoms with Crippen molar-refractivity contribution in [3.63, 3.8) is 0 Å². The van der Waals surface area contributed by atoms with Crippen LogP contribution in [0, 0.1) is 5.92 Å². The van der Waals surface area contributed by atoms with Gasteiger partial charge in [-0.1, -0.05) is 25.4 Å². The molecule has 6 heteroatoms. The van der Waals surface area contributed by atoms with Crippen molar-refractivity contribution in [2.75, 3.05) is 0 Å². The molecule has 0 heterocycles. The highest BCUT2D eigenvalue weighted by Crippen LogP contribution is 2.21. The number of hydrogen-bond donors (Lipinski definition) is 2. The minimum Gasteiger partial charge on any atom is -0.481 e. The number of carboxylic acids is 1. The van der Waals surface area contributed by atoms with Gasteiger partial charge in [-0.3, -0.25) is 9.59 Å². The molecule has 1 aromatic carbocycles. The lowest BCUT2D eigenvalue weighted by molar-refractivity contribution is -0.137.